The number of nitrogens with two attached hydrogens (primary N) is 1. The lowest BCUT2D eigenvalue weighted by Crippen LogP contribution is -2.40. The first kappa shape index (κ1) is 15.9. The highest BCUT2D eigenvalue weighted by atomic mass is 16.5. The molecule has 4 N–H and O–H groups in total. The van der Waals surface area contributed by atoms with E-state index in [-0.39, 0.29) is 24.9 Å². The van der Waals surface area contributed by atoms with Gasteiger partial charge in [0, 0.05) is 13.2 Å². The lowest BCUT2D eigenvalue weighted by molar-refractivity contribution is -0.125. The number of amides is 2. The molecule has 0 fully saturated rings. The number of carbonyl (C=O) groups is 2. The van der Waals surface area contributed by atoms with E-state index in [1.54, 1.807) is 0 Å². The Balaban J connectivity index is 3.30. The Labute approximate surface area is 102 Å². The van der Waals surface area contributed by atoms with E-state index in [0.29, 0.717) is 25.7 Å². The van der Waals surface area contributed by atoms with E-state index in [0.717, 1.165) is 6.42 Å². The molecule has 0 unspecified atom stereocenters. The summed E-state index contributed by atoms with van der Waals surface area (Å²) in [7, 11) is 0. The number of hydrogen-bond acceptors (Lipinski definition) is 4. The van der Waals surface area contributed by atoms with Crippen molar-refractivity contribution in [3.8, 4) is 0 Å². The Bertz CT molecular complexity index is 232. The molecule has 0 aliphatic heterocycles. The van der Waals surface area contributed by atoms with Crippen molar-refractivity contribution < 1.29 is 14.3 Å². The van der Waals surface area contributed by atoms with Crippen LogP contribution in [0.2, 0.25) is 0 Å². The Kier molecular flexibility index (Phi) is 9.37. The molecular formula is C11H23N3O3. The van der Waals surface area contributed by atoms with Crippen LogP contribution >= 0.6 is 0 Å². The van der Waals surface area contributed by atoms with Crippen LogP contribution in [-0.4, -0.2) is 44.7 Å². The van der Waals surface area contributed by atoms with Gasteiger partial charge in [-0.2, -0.15) is 0 Å². The van der Waals surface area contributed by atoms with Crippen LogP contribution in [0.5, 0.6) is 0 Å². The first-order valence-electron chi connectivity index (χ1n) is 5.87. The van der Waals surface area contributed by atoms with Crippen molar-refractivity contribution >= 4 is 11.8 Å². The summed E-state index contributed by atoms with van der Waals surface area (Å²) in [4.78, 5) is 21.9. The lowest BCUT2D eigenvalue weighted by atomic mass is 10.1. The second-order valence-corrected chi connectivity index (χ2v) is 4.13. The van der Waals surface area contributed by atoms with Crippen molar-refractivity contribution in [2.45, 2.75) is 20.3 Å². The fraction of sp³-hybridized carbons (Fsp3) is 0.818. The molecule has 0 radical (unpaired) electrons. The maximum absolute atomic E-state index is 11.2. The highest BCUT2D eigenvalue weighted by Crippen LogP contribution is 1.97. The normalized spacial score (nSPS) is 10.4. The summed E-state index contributed by atoms with van der Waals surface area (Å²) in [5.41, 5.74) is 5.07. The Hall–Kier alpha value is -1.14. The van der Waals surface area contributed by atoms with Crippen LogP contribution in [0, 0.1) is 5.92 Å². The maximum Gasteiger partial charge on any atom is 0.239 e. The molecule has 0 aliphatic rings. The average molecular weight is 245 g/mol. The number of ether oxygens (including phenoxy) is 1. The van der Waals surface area contributed by atoms with Gasteiger partial charge < -0.3 is 21.1 Å². The van der Waals surface area contributed by atoms with Crippen LogP contribution in [-0.2, 0) is 14.3 Å². The largest absolute Gasteiger partial charge is 0.380 e. The van der Waals surface area contributed by atoms with E-state index in [2.05, 4.69) is 24.5 Å². The van der Waals surface area contributed by atoms with Crippen LogP contribution in [0.25, 0.3) is 0 Å². The standard InChI is InChI=1S/C11H23N3O3/c1-9(2)3-5-17-6-4-13-11(16)8-14-10(15)7-12/h9H,3-8,12H2,1-2H3,(H,13,16)(H,14,15). The quantitative estimate of drug-likeness (QED) is 0.465. The van der Waals surface area contributed by atoms with Gasteiger partial charge in [-0.05, 0) is 12.3 Å². The third kappa shape index (κ3) is 11.1. The summed E-state index contributed by atoms with van der Waals surface area (Å²) in [5, 5.41) is 5.01. The molecule has 0 rings (SSSR count). The number of nitrogens with one attached hydrogen (secondary N) is 2. The van der Waals surface area contributed by atoms with Crippen LogP contribution in [0.4, 0.5) is 0 Å². The Morgan fingerprint density at radius 3 is 2.47 bits per heavy atom. The van der Waals surface area contributed by atoms with Crippen LogP contribution < -0.4 is 16.4 Å². The highest BCUT2D eigenvalue weighted by molar-refractivity contribution is 5.85. The monoisotopic (exact) mass is 245 g/mol. The smallest absolute Gasteiger partial charge is 0.239 e. The predicted octanol–water partition coefficient (Wildman–Crippen LogP) is -0.760. The summed E-state index contributed by atoms with van der Waals surface area (Å²) in [6.45, 7) is 5.76. The van der Waals surface area contributed by atoms with E-state index < -0.39 is 0 Å². The number of hydrogen-bond donors (Lipinski definition) is 3. The lowest BCUT2D eigenvalue weighted by Gasteiger charge is -2.08. The molecule has 0 bridgehead atoms. The second-order valence-electron chi connectivity index (χ2n) is 4.13. The maximum atomic E-state index is 11.2. The minimum Gasteiger partial charge on any atom is -0.380 e. The summed E-state index contributed by atoms with van der Waals surface area (Å²) in [6.07, 6.45) is 1.01. The zero-order valence-electron chi connectivity index (χ0n) is 10.6. The molecule has 2 amide bonds. The van der Waals surface area contributed by atoms with Gasteiger partial charge in [0.25, 0.3) is 0 Å². The zero-order chi connectivity index (χ0) is 13.1. The predicted molar refractivity (Wildman–Crippen MR) is 65.3 cm³/mol. The summed E-state index contributed by atoms with van der Waals surface area (Å²) >= 11 is 0. The van der Waals surface area contributed by atoms with E-state index in [1.165, 1.54) is 0 Å². The Morgan fingerprint density at radius 2 is 1.88 bits per heavy atom. The van der Waals surface area contributed by atoms with Crippen LogP contribution in [0.15, 0.2) is 0 Å². The van der Waals surface area contributed by atoms with Gasteiger partial charge in [-0.3, -0.25) is 9.59 Å². The number of rotatable bonds is 9. The second kappa shape index (κ2) is 10.0. The van der Waals surface area contributed by atoms with E-state index >= 15 is 0 Å². The molecule has 0 saturated carbocycles. The summed E-state index contributed by atoms with van der Waals surface area (Å²) < 4.78 is 5.32. The minimum absolute atomic E-state index is 0.0397. The molecule has 0 aromatic heterocycles. The molecule has 0 atom stereocenters. The molecule has 6 nitrogen and oxygen atoms in total. The van der Waals surface area contributed by atoms with Gasteiger partial charge >= 0.3 is 0 Å². The third-order valence-corrected chi connectivity index (χ3v) is 2.04. The highest BCUT2D eigenvalue weighted by Gasteiger charge is 2.02. The van der Waals surface area contributed by atoms with Crippen LogP contribution in [0.3, 0.4) is 0 Å². The van der Waals surface area contributed by atoms with Gasteiger partial charge in [-0.15, -0.1) is 0 Å². The molecule has 100 valence electrons. The fourth-order valence-corrected chi connectivity index (χ4v) is 0.997. The first-order chi connectivity index (χ1) is 8.06. The minimum atomic E-state index is -0.340. The van der Waals surface area contributed by atoms with Crippen molar-refractivity contribution in [1.29, 1.82) is 0 Å². The van der Waals surface area contributed by atoms with Crippen molar-refractivity contribution in [2.24, 2.45) is 11.7 Å². The summed E-state index contributed by atoms with van der Waals surface area (Å²) in [5.74, 6) is 0.0451. The van der Waals surface area contributed by atoms with Gasteiger partial charge in [0.05, 0.1) is 19.7 Å². The van der Waals surface area contributed by atoms with Crippen molar-refractivity contribution in [3.05, 3.63) is 0 Å². The number of carbonyl (C=O) groups excluding carboxylic acids is 2. The van der Waals surface area contributed by atoms with Gasteiger partial charge in [-0.1, -0.05) is 13.8 Å². The molecule has 0 spiro atoms. The first-order valence-corrected chi connectivity index (χ1v) is 5.87. The van der Waals surface area contributed by atoms with Gasteiger partial charge in [0.15, 0.2) is 0 Å². The van der Waals surface area contributed by atoms with Gasteiger partial charge in [0.1, 0.15) is 0 Å². The van der Waals surface area contributed by atoms with E-state index in [9.17, 15) is 9.59 Å². The molecule has 0 aromatic rings. The van der Waals surface area contributed by atoms with Gasteiger partial charge in [0.2, 0.25) is 11.8 Å². The third-order valence-electron chi connectivity index (χ3n) is 2.04. The van der Waals surface area contributed by atoms with Crippen molar-refractivity contribution in [2.75, 3.05) is 32.8 Å². The fourth-order valence-electron chi connectivity index (χ4n) is 0.997. The van der Waals surface area contributed by atoms with Crippen LogP contribution in [0.1, 0.15) is 20.3 Å². The average Bonchev–Trinajstić information content (AvgIpc) is 2.30. The zero-order valence-corrected chi connectivity index (χ0v) is 10.6. The molecule has 0 aromatic carbocycles. The van der Waals surface area contributed by atoms with Gasteiger partial charge in [-0.25, -0.2) is 0 Å². The molecule has 0 aliphatic carbocycles. The molecule has 17 heavy (non-hydrogen) atoms. The van der Waals surface area contributed by atoms with E-state index in [1.807, 2.05) is 0 Å². The SMILES string of the molecule is CC(C)CCOCCNC(=O)CNC(=O)CN. The summed E-state index contributed by atoms with van der Waals surface area (Å²) in [6, 6.07) is 0. The molecule has 6 heteroatoms. The van der Waals surface area contributed by atoms with Crippen molar-refractivity contribution in [1.82, 2.24) is 10.6 Å². The molecular weight excluding hydrogens is 222 g/mol. The van der Waals surface area contributed by atoms with E-state index in [4.69, 9.17) is 10.5 Å². The van der Waals surface area contributed by atoms with Crippen molar-refractivity contribution in [3.63, 3.8) is 0 Å². The topological polar surface area (TPSA) is 93.5 Å². The Morgan fingerprint density at radius 1 is 1.18 bits per heavy atom. The molecule has 0 heterocycles. The molecule has 0 saturated heterocycles.